The maximum atomic E-state index is 13.7. The Labute approximate surface area is 165 Å². The highest BCUT2D eigenvalue weighted by molar-refractivity contribution is 5.82. The summed E-state index contributed by atoms with van der Waals surface area (Å²) in [7, 11) is 0. The van der Waals surface area contributed by atoms with Gasteiger partial charge in [0.15, 0.2) is 0 Å². The Morgan fingerprint density at radius 3 is 2.66 bits per heavy atom. The molecule has 0 fully saturated rings. The van der Waals surface area contributed by atoms with Crippen LogP contribution in [-0.2, 0) is 22.6 Å². The molecule has 0 radical (unpaired) electrons. The van der Waals surface area contributed by atoms with Gasteiger partial charge in [0.2, 0.25) is 0 Å². The standard InChI is InChI=1S/C22H20F2O5/c1-3-27-21(25)9-8-18-13(2)17-7-6-16(11-20(17)29-22(18)26)28-12-14-4-5-15(23)10-19(14)24/h4-7,10-11H,3,8-9,12H2,1-2H3. The number of fused-ring (bicyclic) bond motifs is 1. The molecule has 0 atom stereocenters. The van der Waals surface area contributed by atoms with Crippen LogP contribution in [0.1, 0.15) is 30.0 Å². The fourth-order valence-corrected chi connectivity index (χ4v) is 3.01. The Balaban J connectivity index is 1.80. The molecule has 0 bridgehead atoms. The third kappa shape index (κ3) is 4.80. The zero-order valence-electron chi connectivity index (χ0n) is 16.1. The number of ether oxygens (including phenoxy) is 2. The molecule has 0 saturated carbocycles. The molecule has 0 aliphatic carbocycles. The Morgan fingerprint density at radius 1 is 1.14 bits per heavy atom. The summed E-state index contributed by atoms with van der Waals surface area (Å²) in [6, 6.07) is 8.21. The average molecular weight is 402 g/mol. The lowest BCUT2D eigenvalue weighted by Crippen LogP contribution is -2.13. The summed E-state index contributed by atoms with van der Waals surface area (Å²) in [5.74, 6) is -1.35. The molecular formula is C22H20F2O5. The maximum absolute atomic E-state index is 13.7. The molecule has 5 nitrogen and oxygen atoms in total. The van der Waals surface area contributed by atoms with E-state index in [1.165, 1.54) is 6.07 Å². The topological polar surface area (TPSA) is 65.7 Å². The molecular weight excluding hydrogens is 382 g/mol. The number of carbonyl (C=O) groups is 1. The van der Waals surface area contributed by atoms with Crippen LogP contribution in [0.25, 0.3) is 11.0 Å². The van der Waals surface area contributed by atoms with E-state index in [0.29, 0.717) is 22.3 Å². The molecule has 1 aromatic heterocycles. The van der Waals surface area contributed by atoms with E-state index in [4.69, 9.17) is 13.9 Å². The van der Waals surface area contributed by atoms with Crippen molar-refractivity contribution >= 4 is 16.9 Å². The highest BCUT2D eigenvalue weighted by Gasteiger charge is 2.14. The van der Waals surface area contributed by atoms with Crippen molar-refractivity contribution < 1.29 is 27.5 Å². The summed E-state index contributed by atoms with van der Waals surface area (Å²) in [6.45, 7) is 3.69. The van der Waals surface area contributed by atoms with Gasteiger partial charge in [-0.05, 0) is 50.1 Å². The molecule has 0 aliphatic rings. The first-order valence-electron chi connectivity index (χ1n) is 9.17. The second kappa shape index (κ2) is 8.86. The van der Waals surface area contributed by atoms with E-state index in [2.05, 4.69) is 0 Å². The van der Waals surface area contributed by atoms with Crippen molar-refractivity contribution in [1.82, 2.24) is 0 Å². The molecule has 0 unspecified atom stereocenters. The Hall–Kier alpha value is -3.22. The Bertz CT molecular complexity index is 1100. The van der Waals surface area contributed by atoms with Crippen molar-refractivity contribution in [3.05, 3.63) is 75.1 Å². The fraction of sp³-hybridized carbons (Fsp3) is 0.273. The van der Waals surface area contributed by atoms with Gasteiger partial charge in [0.25, 0.3) is 0 Å². The van der Waals surface area contributed by atoms with Gasteiger partial charge in [-0.25, -0.2) is 13.6 Å². The molecule has 7 heteroatoms. The zero-order valence-corrected chi connectivity index (χ0v) is 16.1. The van der Waals surface area contributed by atoms with Crippen molar-refractivity contribution in [3.8, 4) is 5.75 Å². The monoisotopic (exact) mass is 402 g/mol. The summed E-state index contributed by atoms with van der Waals surface area (Å²) in [5, 5.41) is 0.712. The lowest BCUT2D eigenvalue weighted by molar-refractivity contribution is -0.143. The zero-order chi connectivity index (χ0) is 21.0. The summed E-state index contributed by atoms with van der Waals surface area (Å²) in [4.78, 5) is 23.9. The first-order chi connectivity index (χ1) is 13.9. The largest absolute Gasteiger partial charge is 0.489 e. The van der Waals surface area contributed by atoms with Crippen LogP contribution >= 0.6 is 0 Å². The van der Waals surface area contributed by atoms with E-state index in [9.17, 15) is 18.4 Å². The van der Waals surface area contributed by atoms with Gasteiger partial charge in [0.1, 0.15) is 29.6 Å². The SMILES string of the molecule is CCOC(=O)CCc1c(C)c2ccc(OCc3ccc(F)cc3F)cc2oc1=O. The number of carbonyl (C=O) groups excluding carboxylic acids is 1. The number of benzene rings is 2. The predicted octanol–water partition coefficient (Wildman–Crippen LogP) is 4.45. The lowest BCUT2D eigenvalue weighted by Gasteiger charge is -2.10. The molecule has 152 valence electrons. The number of esters is 1. The second-order valence-corrected chi connectivity index (χ2v) is 6.48. The second-order valence-electron chi connectivity index (χ2n) is 6.48. The number of hydrogen-bond donors (Lipinski definition) is 0. The van der Waals surface area contributed by atoms with Gasteiger partial charge in [-0.15, -0.1) is 0 Å². The van der Waals surface area contributed by atoms with E-state index in [0.717, 1.165) is 17.7 Å². The predicted molar refractivity (Wildman–Crippen MR) is 103 cm³/mol. The van der Waals surface area contributed by atoms with Crippen LogP contribution in [0, 0.1) is 18.6 Å². The molecule has 29 heavy (non-hydrogen) atoms. The summed E-state index contributed by atoms with van der Waals surface area (Å²) in [6.07, 6.45) is 0.320. The number of rotatable bonds is 7. The van der Waals surface area contributed by atoms with Crippen LogP contribution in [-0.4, -0.2) is 12.6 Å². The van der Waals surface area contributed by atoms with Gasteiger partial charge >= 0.3 is 11.6 Å². The molecule has 0 N–H and O–H groups in total. The lowest BCUT2D eigenvalue weighted by atomic mass is 10.0. The van der Waals surface area contributed by atoms with Crippen LogP contribution in [0.5, 0.6) is 5.75 Å². The average Bonchev–Trinajstić information content (AvgIpc) is 2.67. The van der Waals surface area contributed by atoms with Gasteiger partial charge < -0.3 is 13.9 Å². The Kier molecular flexibility index (Phi) is 6.26. The molecule has 3 rings (SSSR count). The number of aryl methyl sites for hydroxylation is 1. The summed E-state index contributed by atoms with van der Waals surface area (Å²) >= 11 is 0. The van der Waals surface area contributed by atoms with E-state index >= 15 is 0 Å². The minimum absolute atomic E-state index is 0.0926. The van der Waals surface area contributed by atoms with Gasteiger partial charge in [-0.2, -0.15) is 0 Å². The maximum Gasteiger partial charge on any atom is 0.339 e. The van der Waals surface area contributed by atoms with Crippen molar-refractivity contribution in [2.45, 2.75) is 33.3 Å². The number of halogens is 2. The minimum atomic E-state index is -0.695. The van der Waals surface area contributed by atoms with E-state index < -0.39 is 17.3 Å². The molecule has 0 saturated heterocycles. The van der Waals surface area contributed by atoms with Gasteiger partial charge in [-0.3, -0.25) is 4.79 Å². The third-order valence-corrected chi connectivity index (χ3v) is 4.55. The third-order valence-electron chi connectivity index (χ3n) is 4.55. The van der Waals surface area contributed by atoms with Crippen LogP contribution < -0.4 is 10.4 Å². The van der Waals surface area contributed by atoms with Crippen LogP contribution in [0.3, 0.4) is 0 Å². The van der Waals surface area contributed by atoms with Crippen LogP contribution in [0.2, 0.25) is 0 Å². The van der Waals surface area contributed by atoms with E-state index in [-0.39, 0.29) is 37.6 Å². The van der Waals surface area contributed by atoms with Gasteiger partial charge in [0, 0.05) is 35.1 Å². The molecule has 3 aromatic rings. The van der Waals surface area contributed by atoms with E-state index in [1.54, 1.807) is 32.0 Å². The summed E-state index contributed by atoms with van der Waals surface area (Å²) in [5.41, 5.74) is 1.15. The van der Waals surface area contributed by atoms with Gasteiger partial charge in [0.05, 0.1) is 6.61 Å². The quantitative estimate of drug-likeness (QED) is 0.431. The summed E-state index contributed by atoms with van der Waals surface area (Å²) < 4.78 is 42.5. The smallest absolute Gasteiger partial charge is 0.339 e. The number of hydrogen-bond acceptors (Lipinski definition) is 5. The highest BCUT2D eigenvalue weighted by atomic mass is 19.1. The first kappa shape index (κ1) is 20.5. The minimum Gasteiger partial charge on any atom is -0.489 e. The molecule has 0 amide bonds. The Morgan fingerprint density at radius 2 is 1.93 bits per heavy atom. The molecule has 0 spiro atoms. The van der Waals surface area contributed by atoms with Crippen molar-refractivity contribution in [2.75, 3.05) is 6.61 Å². The molecule has 2 aromatic carbocycles. The molecule has 1 heterocycles. The van der Waals surface area contributed by atoms with Crippen LogP contribution in [0.15, 0.2) is 45.6 Å². The van der Waals surface area contributed by atoms with E-state index in [1.807, 2.05) is 0 Å². The molecule has 0 aliphatic heterocycles. The first-order valence-corrected chi connectivity index (χ1v) is 9.17. The van der Waals surface area contributed by atoms with Gasteiger partial charge in [-0.1, -0.05) is 0 Å². The van der Waals surface area contributed by atoms with Crippen molar-refractivity contribution in [2.24, 2.45) is 0 Å². The van der Waals surface area contributed by atoms with Crippen molar-refractivity contribution in [1.29, 1.82) is 0 Å². The van der Waals surface area contributed by atoms with Crippen molar-refractivity contribution in [3.63, 3.8) is 0 Å². The van der Waals surface area contributed by atoms with Crippen LogP contribution in [0.4, 0.5) is 8.78 Å². The fourth-order valence-electron chi connectivity index (χ4n) is 3.01. The normalized spacial score (nSPS) is 10.9. The highest BCUT2D eigenvalue weighted by Crippen LogP contribution is 2.25.